The fourth-order valence-electron chi connectivity index (χ4n) is 1.04. The van der Waals surface area contributed by atoms with Crippen LogP contribution in [-0.4, -0.2) is 36.4 Å². The zero-order valence-electron chi connectivity index (χ0n) is 8.70. The molecule has 0 rings (SSSR count). The van der Waals surface area contributed by atoms with E-state index in [-0.39, 0.29) is 11.9 Å². The van der Waals surface area contributed by atoms with Gasteiger partial charge in [0.05, 0.1) is 6.10 Å². The van der Waals surface area contributed by atoms with E-state index in [0.29, 0.717) is 6.42 Å². The lowest BCUT2D eigenvalue weighted by atomic mass is 10.1. The highest BCUT2D eigenvalue weighted by molar-refractivity contribution is 5.80. The average molecular weight is 189 g/mol. The van der Waals surface area contributed by atoms with Crippen LogP contribution in [-0.2, 0) is 9.53 Å². The summed E-state index contributed by atoms with van der Waals surface area (Å²) in [5.74, 6) is -0.143. The molecule has 0 radical (unpaired) electrons. The molecule has 0 fully saturated rings. The molecule has 2 N–H and O–H groups in total. The Morgan fingerprint density at radius 3 is 2.38 bits per heavy atom. The van der Waals surface area contributed by atoms with Crippen molar-refractivity contribution in [3.63, 3.8) is 0 Å². The van der Waals surface area contributed by atoms with Crippen molar-refractivity contribution in [1.29, 1.82) is 0 Å². The maximum Gasteiger partial charge on any atom is 0.249 e. The number of methoxy groups -OCH3 is 1. The summed E-state index contributed by atoms with van der Waals surface area (Å²) in [6.45, 7) is 5.24. The van der Waals surface area contributed by atoms with Gasteiger partial charge in [-0.2, -0.15) is 0 Å². The van der Waals surface area contributed by atoms with Crippen molar-refractivity contribution in [3.8, 4) is 0 Å². The highest BCUT2D eigenvalue weighted by Crippen LogP contribution is 1.97. The summed E-state index contributed by atoms with van der Waals surface area (Å²) in [7, 11) is 1.49. The van der Waals surface area contributed by atoms with Crippen LogP contribution in [0.5, 0.6) is 0 Å². The van der Waals surface area contributed by atoms with Gasteiger partial charge >= 0.3 is 0 Å². The molecule has 78 valence electrons. The third-order valence-electron chi connectivity index (χ3n) is 1.81. The minimum atomic E-state index is -0.434. The number of aliphatic hydroxyl groups excluding tert-OH is 1. The third-order valence-corrected chi connectivity index (χ3v) is 1.81. The molecule has 0 aliphatic carbocycles. The van der Waals surface area contributed by atoms with Crippen LogP contribution in [0, 0.1) is 0 Å². The molecule has 0 heterocycles. The molecule has 0 aromatic heterocycles. The quantitative estimate of drug-likeness (QED) is 0.654. The Hall–Kier alpha value is -0.610. The van der Waals surface area contributed by atoms with Gasteiger partial charge in [0.2, 0.25) is 5.91 Å². The van der Waals surface area contributed by atoms with Crippen molar-refractivity contribution >= 4 is 5.91 Å². The van der Waals surface area contributed by atoms with Gasteiger partial charge in [0.15, 0.2) is 0 Å². The SMILES string of the molecule is COC(C)C(=O)NC(C)CC(C)O. The Balaban J connectivity index is 3.77. The van der Waals surface area contributed by atoms with Gasteiger partial charge in [-0.1, -0.05) is 0 Å². The van der Waals surface area contributed by atoms with Crippen molar-refractivity contribution in [2.45, 2.75) is 45.4 Å². The smallest absolute Gasteiger partial charge is 0.249 e. The summed E-state index contributed by atoms with van der Waals surface area (Å²) >= 11 is 0. The van der Waals surface area contributed by atoms with Crippen molar-refractivity contribution in [2.75, 3.05) is 7.11 Å². The summed E-state index contributed by atoms with van der Waals surface area (Å²) in [5.41, 5.74) is 0. The zero-order chi connectivity index (χ0) is 10.4. The topological polar surface area (TPSA) is 58.6 Å². The Kier molecular flexibility index (Phi) is 5.66. The first kappa shape index (κ1) is 12.4. The normalized spacial score (nSPS) is 17.6. The summed E-state index contributed by atoms with van der Waals surface area (Å²) < 4.78 is 4.84. The van der Waals surface area contributed by atoms with Gasteiger partial charge < -0.3 is 15.2 Å². The molecule has 13 heavy (non-hydrogen) atoms. The van der Waals surface area contributed by atoms with Crippen LogP contribution in [0.4, 0.5) is 0 Å². The van der Waals surface area contributed by atoms with Crippen molar-refractivity contribution in [1.82, 2.24) is 5.32 Å². The molecule has 0 spiro atoms. The summed E-state index contributed by atoms with van der Waals surface area (Å²) in [6.07, 6.45) is -0.271. The molecular formula is C9H19NO3. The summed E-state index contributed by atoms with van der Waals surface area (Å²) in [6, 6.07) is -0.0231. The van der Waals surface area contributed by atoms with Crippen LogP contribution in [0.15, 0.2) is 0 Å². The number of amides is 1. The Bertz CT molecular complexity index is 159. The Morgan fingerprint density at radius 1 is 1.46 bits per heavy atom. The van der Waals surface area contributed by atoms with E-state index in [2.05, 4.69) is 5.32 Å². The maximum absolute atomic E-state index is 11.2. The predicted molar refractivity (Wildman–Crippen MR) is 50.4 cm³/mol. The Morgan fingerprint density at radius 2 is 2.00 bits per heavy atom. The van der Waals surface area contributed by atoms with E-state index in [0.717, 1.165) is 0 Å². The molecule has 4 heteroatoms. The van der Waals surface area contributed by atoms with Crippen molar-refractivity contribution in [3.05, 3.63) is 0 Å². The molecule has 0 aliphatic rings. The molecule has 0 aromatic carbocycles. The first-order valence-corrected chi connectivity index (χ1v) is 4.48. The molecule has 0 saturated heterocycles. The maximum atomic E-state index is 11.2. The number of rotatable bonds is 5. The fraction of sp³-hybridized carbons (Fsp3) is 0.889. The van der Waals surface area contributed by atoms with Crippen LogP contribution in [0.3, 0.4) is 0 Å². The average Bonchev–Trinajstić information content (AvgIpc) is 2.01. The minimum absolute atomic E-state index is 0.0231. The fourth-order valence-corrected chi connectivity index (χ4v) is 1.04. The summed E-state index contributed by atoms with van der Waals surface area (Å²) in [5, 5.41) is 11.8. The Labute approximate surface area is 79.3 Å². The van der Waals surface area contributed by atoms with E-state index in [1.54, 1.807) is 13.8 Å². The highest BCUT2D eigenvalue weighted by atomic mass is 16.5. The number of hydrogen-bond acceptors (Lipinski definition) is 3. The van der Waals surface area contributed by atoms with Crippen molar-refractivity contribution in [2.24, 2.45) is 0 Å². The first-order valence-electron chi connectivity index (χ1n) is 4.48. The molecule has 0 saturated carbocycles. The second kappa shape index (κ2) is 5.94. The molecule has 0 bridgehead atoms. The monoisotopic (exact) mass is 189 g/mol. The van der Waals surface area contributed by atoms with Gasteiger partial charge in [0.1, 0.15) is 6.10 Å². The van der Waals surface area contributed by atoms with Gasteiger partial charge in [-0.05, 0) is 27.2 Å². The van der Waals surface area contributed by atoms with E-state index < -0.39 is 12.2 Å². The van der Waals surface area contributed by atoms with E-state index in [4.69, 9.17) is 9.84 Å². The first-order chi connectivity index (χ1) is 5.97. The molecule has 3 atom stereocenters. The molecule has 4 nitrogen and oxygen atoms in total. The predicted octanol–water partition coefficient (Wildman–Crippen LogP) is 0.297. The minimum Gasteiger partial charge on any atom is -0.393 e. The zero-order valence-corrected chi connectivity index (χ0v) is 8.70. The van der Waals surface area contributed by atoms with Gasteiger partial charge in [-0.25, -0.2) is 0 Å². The second-order valence-electron chi connectivity index (χ2n) is 3.37. The van der Waals surface area contributed by atoms with Gasteiger partial charge in [0.25, 0.3) is 0 Å². The molecule has 1 amide bonds. The van der Waals surface area contributed by atoms with E-state index in [1.807, 2.05) is 6.92 Å². The molecule has 3 unspecified atom stereocenters. The summed E-state index contributed by atoms with van der Waals surface area (Å²) in [4.78, 5) is 11.2. The van der Waals surface area contributed by atoms with E-state index in [1.165, 1.54) is 7.11 Å². The van der Waals surface area contributed by atoms with Gasteiger partial charge in [0, 0.05) is 13.2 Å². The lowest BCUT2D eigenvalue weighted by molar-refractivity contribution is -0.130. The van der Waals surface area contributed by atoms with Gasteiger partial charge in [-0.3, -0.25) is 4.79 Å². The highest BCUT2D eigenvalue weighted by Gasteiger charge is 2.14. The van der Waals surface area contributed by atoms with Crippen LogP contribution in [0.25, 0.3) is 0 Å². The standard InChI is InChI=1S/C9H19NO3/c1-6(5-7(2)11)10-9(12)8(3)13-4/h6-8,11H,5H2,1-4H3,(H,10,12). The van der Waals surface area contributed by atoms with Crippen LogP contribution in [0.1, 0.15) is 27.2 Å². The number of ether oxygens (including phenoxy) is 1. The van der Waals surface area contributed by atoms with Crippen molar-refractivity contribution < 1.29 is 14.6 Å². The number of carbonyl (C=O) groups excluding carboxylic acids is 1. The second-order valence-corrected chi connectivity index (χ2v) is 3.37. The lowest BCUT2D eigenvalue weighted by Gasteiger charge is -2.17. The third kappa shape index (κ3) is 5.60. The molecule has 0 aromatic rings. The number of hydrogen-bond donors (Lipinski definition) is 2. The van der Waals surface area contributed by atoms with Crippen LogP contribution in [0.2, 0.25) is 0 Å². The number of nitrogens with one attached hydrogen (secondary N) is 1. The van der Waals surface area contributed by atoms with E-state index >= 15 is 0 Å². The number of aliphatic hydroxyl groups is 1. The largest absolute Gasteiger partial charge is 0.393 e. The number of carbonyl (C=O) groups is 1. The van der Waals surface area contributed by atoms with Crippen LogP contribution < -0.4 is 5.32 Å². The van der Waals surface area contributed by atoms with Crippen LogP contribution >= 0.6 is 0 Å². The van der Waals surface area contributed by atoms with E-state index in [9.17, 15) is 4.79 Å². The molecule has 0 aliphatic heterocycles. The molecular weight excluding hydrogens is 170 g/mol. The lowest BCUT2D eigenvalue weighted by Crippen LogP contribution is -2.40. The van der Waals surface area contributed by atoms with Gasteiger partial charge in [-0.15, -0.1) is 0 Å².